The average molecular weight is 208 g/mol. The third-order valence-corrected chi connectivity index (χ3v) is 3.06. The van der Waals surface area contributed by atoms with Crippen LogP contribution in [0.2, 0.25) is 0 Å². The first kappa shape index (κ1) is 9.02. The van der Waals surface area contributed by atoms with E-state index in [1.807, 2.05) is 6.07 Å². The van der Waals surface area contributed by atoms with Crippen LogP contribution in [0.4, 0.5) is 0 Å². The van der Waals surface area contributed by atoms with E-state index in [-0.39, 0.29) is 11.7 Å². The van der Waals surface area contributed by atoms with Gasteiger partial charge in [-0.05, 0) is 17.5 Å². The van der Waals surface area contributed by atoms with Gasteiger partial charge >= 0.3 is 5.97 Å². The maximum absolute atomic E-state index is 11.2. The molecule has 0 atom stereocenters. The summed E-state index contributed by atoms with van der Waals surface area (Å²) in [5.41, 5.74) is 0. The van der Waals surface area contributed by atoms with Crippen molar-refractivity contribution in [3.05, 3.63) is 29.1 Å². The number of thiophene rings is 1. The van der Waals surface area contributed by atoms with Gasteiger partial charge in [0.1, 0.15) is 10.6 Å². The second kappa shape index (κ2) is 3.31. The Labute approximate surface area is 84.6 Å². The molecule has 4 heteroatoms. The van der Waals surface area contributed by atoms with E-state index in [0.29, 0.717) is 9.58 Å². The minimum Gasteiger partial charge on any atom is -0.506 e. The van der Waals surface area contributed by atoms with Crippen LogP contribution < -0.4 is 0 Å². The molecule has 0 amide bonds. The molecule has 0 spiro atoms. The lowest BCUT2D eigenvalue weighted by Crippen LogP contribution is -1.96. The number of phenolic OH excluding ortho intramolecular Hbond substituents is 1. The second-order valence-corrected chi connectivity index (χ2v) is 3.85. The van der Waals surface area contributed by atoms with Gasteiger partial charge in [-0.15, -0.1) is 11.3 Å². The van der Waals surface area contributed by atoms with Crippen molar-refractivity contribution in [2.45, 2.75) is 0 Å². The third kappa shape index (κ3) is 1.33. The molecule has 0 aliphatic carbocycles. The van der Waals surface area contributed by atoms with Crippen molar-refractivity contribution in [1.82, 2.24) is 0 Å². The average Bonchev–Trinajstić information content (AvgIpc) is 2.62. The van der Waals surface area contributed by atoms with Gasteiger partial charge in [-0.25, -0.2) is 4.79 Å². The zero-order valence-electron chi connectivity index (χ0n) is 7.48. The summed E-state index contributed by atoms with van der Waals surface area (Å²) in [7, 11) is 1.34. The SMILES string of the molecule is COC(=O)c1cc2cccc(O)c2s1. The number of carbonyl (C=O) groups is 1. The standard InChI is InChI=1S/C10H8O3S/c1-13-10(12)8-5-6-3-2-4-7(11)9(6)14-8/h2-5,11H,1H3. The minimum absolute atomic E-state index is 0.197. The highest BCUT2D eigenvalue weighted by Gasteiger charge is 2.11. The molecule has 0 aliphatic heterocycles. The Morgan fingerprint density at radius 1 is 1.50 bits per heavy atom. The first-order valence-corrected chi connectivity index (χ1v) is 4.84. The molecule has 72 valence electrons. The van der Waals surface area contributed by atoms with E-state index >= 15 is 0 Å². The summed E-state index contributed by atoms with van der Waals surface area (Å²) in [5.74, 6) is -0.173. The molecule has 1 aromatic heterocycles. The van der Waals surface area contributed by atoms with Crippen molar-refractivity contribution < 1.29 is 14.6 Å². The molecule has 0 aliphatic rings. The van der Waals surface area contributed by atoms with Gasteiger partial charge in [0.15, 0.2) is 0 Å². The molecular formula is C10H8O3S. The van der Waals surface area contributed by atoms with Gasteiger partial charge in [-0.1, -0.05) is 12.1 Å². The number of methoxy groups -OCH3 is 1. The van der Waals surface area contributed by atoms with Crippen LogP contribution in [0.5, 0.6) is 5.75 Å². The topological polar surface area (TPSA) is 46.5 Å². The first-order chi connectivity index (χ1) is 6.72. The van der Waals surface area contributed by atoms with Crippen LogP contribution in [0, 0.1) is 0 Å². The fraction of sp³-hybridized carbons (Fsp3) is 0.100. The molecule has 0 fully saturated rings. The van der Waals surface area contributed by atoms with E-state index < -0.39 is 0 Å². The lowest BCUT2D eigenvalue weighted by Gasteiger charge is -1.91. The molecule has 2 aromatic rings. The Morgan fingerprint density at radius 3 is 2.93 bits per heavy atom. The van der Waals surface area contributed by atoms with E-state index in [9.17, 15) is 9.90 Å². The lowest BCUT2D eigenvalue weighted by atomic mass is 10.2. The molecule has 0 saturated carbocycles. The Balaban J connectivity index is 2.62. The number of hydrogen-bond acceptors (Lipinski definition) is 4. The zero-order valence-corrected chi connectivity index (χ0v) is 8.30. The summed E-state index contributed by atoms with van der Waals surface area (Å²) in [5, 5.41) is 10.4. The number of phenols is 1. The largest absolute Gasteiger partial charge is 0.506 e. The monoisotopic (exact) mass is 208 g/mol. The number of benzene rings is 1. The van der Waals surface area contributed by atoms with Crippen LogP contribution in [0.25, 0.3) is 10.1 Å². The summed E-state index contributed by atoms with van der Waals surface area (Å²) in [6.07, 6.45) is 0. The Morgan fingerprint density at radius 2 is 2.29 bits per heavy atom. The van der Waals surface area contributed by atoms with Crippen LogP contribution in [0.1, 0.15) is 9.67 Å². The highest BCUT2D eigenvalue weighted by molar-refractivity contribution is 7.21. The summed E-state index contributed by atoms with van der Waals surface area (Å²) in [6.45, 7) is 0. The molecule has 1 N–H and O–H groups in total. The molecule has 3 nitrogen and oxygen atoms in total. The quantitative estimate of drug-likeness (QED) is 0.732. The molecule has 0 radical (unpaired) electrons. The maximum atomic E-state index is 11.2. The van der Waals surface area contributed by atoms with E-state index in [1.165, 1.54) is 18.4 Å². The summed E-state index contributed by atoms with van der Waals surface area (Å²) in [4.78, 5) is 11.7. The van der Waals surface area contributed by atoms with Crippen molar-refractivity contribution in [2.75, 3.05) is 7.11 Å². The Kier molecular flexibility index (Phi) is 2.13. The smallest absolute Gasteiger partial charge is 0.348 e. The van der Waals surface area contributed by atoms with Gasteiger partial charge in [0.2, 0.25) is 0 Å². The first-order valence-electron chi connectivity index (χ1n) is 4.02. The normalized spacial score (nSPS) is 10.4. The highest BCUT2D eigenvalue weighted by Crippen LogP contribution is 2.32. The number of aromatic hydroxyl groups is 1. The van der Waals surface area contributed by atoms with Gasteiger partial charge in [0, 0.05) is 0 Å². The molecule has 0 unspecified atom stereocenters. The number of ether oxygens (including phenoxy) is 1. The van der Waals surface area contributed by atoms with Gasteiger partial charge in [-0.3, -0.25) is 0 Å². The number of rotatable bonds is 1. The minimum atomic E-state index is -0.370. The third-order valence-electron chi connectivity index (χ3n) is 1.91. The molecule has 1 aromatic carbocycles. The number of esters is 1. The number of carbonyl (C=O) groups excluding carboxylic acids is 1. The van der Waals surface area contributed by atoms with Gasteiger partial charge in [0.05, 0.1) is 11.8 Å². The molecule has 0 bridgehead atoms. The van der Waals surface area contributed by atoms with Gasteiger partial charge in [0.25, 0.3) is 0 Å². The summed E-state index contributed by atoms with van der Waals surface area (Å²) in [6, 6.07) is 6.90. The predicted octanol–water partition coefficient (Wildman–Crippen LogP) is 2.39. The van der Waals surface area contributed by atoms with E-state index in [4.69, 9.17) is 0 Å². The van der Waals surface area contributed by atoms with Crippen molar-refractivity contribution >= 4 is 27.4 Å². The van der Waals surface area contributed by atoms with Crippen LogP contribution >= 0.6 is 11.3 Å². The Bertz CT molecular complexity index is 487. The van der Waals surface area contributed by atoms with E-state index in [1.54, 1.807) is 18.2 Å². The van der Waals surface area contributed by atoms with E-state index in [0.717, 1.165) is 5.39 Å². The summed E-state index contributed by atoms with van der Waals surface area (Å²) >= 11 is 1.23. The molecule has 14 heavy (non-hydrogen) atoms. The predicted molar refractivity (Wildman–Crippen MR) is 54.8 cm³/mol. The number of hydrogen-bond donors (Lipinski definition) is 1. The maximum Gasteiger partial charge on any atom is 0.348 e. The molecule has 1 heterocycles. The van der Waals surface area contributed by atoms with Crippen LogP contribution in [-0.4, -0.2) is 18.2 Å². The fourth-order valence-corrected chi connectivity index (χ4v) is 2.24. The number of fused-ring (bicyclic) bond motifs is 1. The van der Waals surface area contributed by atoms with Crippen molar-refractivity contribution in [3.63, 3.8) is 0 Å². The van der Waals surface area contributed by atoms with Crippen molar-refractivity contribution in [3.8, 4) is 5.75 Å². The van der Waals surface area contributed by atoms with Crippen LogP contribution in [-0.2, 0) is 4.74 Å². The fourth-order valence-electron chi connectivity index (χ4n) is 1.25. The van der Waals surface area contributed by atoms with Gasteiger partial charge < -0.3 is 9.84 Å². The molecule has 0 saturated heterocycles. The summed E-state index contributed by atoms with van der Waals surface area (Å²) < 4.78 is 5.31. The van der Waals surface area contributed by atoms with Gasteiger partial charge in [-0.2, -0.15) is 0 Å². The zero-order chi connectivity index (χ0) is 10.1. The van der Waals surface area contributed by atoms with Crippen LogP contribution in [0.3, 0.4) is 0 Å². The van der Waals surface area contributed by atoms with E-state index in [2.05, 4.69) is 4.74 Å². The van der Waals surface area contributed by atoms with Crippen molar-refractivity contribution in [1.29, 1.82) is 0 Å². The lowest BCUT2D eigenvalue weighted by molar-refractivity contribution is 0.0606. The van der Waals surface area contributed by atoms with Crippen LogP contribution in [0.15, 0.2) is 24.3 Å². The highest BCUT2D eigenvalue weighted by atomic mass is 32.1. The van der Waals surface area contributed by atoms with Crippen molar-refractivity contribution in [2.24, 2.45) is 0 Å². The second-order valence-electron chi connectivity index (χ2n) is 2.80. The molecular weight excluding hydrogens is 200 g/mol. The Hall–Kier alpha value is -1.55. The molecule has 2 rings (SSSR count).